The Bertz CT molecular complexity index is 339. The first kappa shape index (κ1) is 11.9. The lowest BCUT2D eigenvalue weighted by Gasteiger charge is -2.38. The predicted octanol–water partition coefficient (Wildman–Crippen LogP) is 2.41. The number of aromatic nitrogens is 1. The molecule has 0 aromatic carbocycles. The van der Waals surface area contributed by atoms with Gasteiger partial charge in [0.25, 0.3) is 0 Å². The normalized spacial score (nSPS) is 25.8. The third kappa shape index (κ3) is 2.55. The number of nitrogens with zero attached hydrogens (tertiary/aromatic N) is 2. The highest BCUT2D eigenvalue weighted by Gasteiger charge is 2.25. The summed E-state index contributed by atoms with van der Waals surface area (Å²) in [4.78, 5) is 6.83. The highest BCUT2D eigenvalue weighted by Crippen LogP contribution is 2.26. The zero-order valence-corrected chi connectivity index (χ0v) is 11.2. The van der Waals surface area contributed by atoms with E-state index >= 15 is 0 Å². The summed E-state index contributed by atoms with van der Waals surface area (Å²) in [7, 11) is 0. The molecule has 0 amide bonds. The lowest BCUT2D eigenvalue weighted by atomic mass is 9.93. The van der Waals surface area contributed by atoms with Crippen molar-refractivity contribution < 1.29 is 0 Å². The minimum atomic E-state index is 0.566. The Morgan fingerprint density at radius 2 is 2.31 bits per heavy atom. The number of hydrogen-bond donors (Lipinski definition) is 1. The molecule has 1 fully saturated rings. The van der Waals surface area contributed by atoms with E-state index in [1.165, 1.54) is 12.8 Å². The average Bonchev–Trinajstić information content (AvgIpc) is 2.31. The standard InChI is InChI=1S/C12H18BrN3/c1-9-2-3-10(6-14)8-16(9)12-5-4-11(13)7-15-12/h4-5,7,9-10H,2-3,6,8,14H2,1H3. The molecule has 1 aliphatic heterocycles. The fourth-order valence-electron chi connectivity index (χ4n) is 2.23. The number of pyridine rings is 1. The van der Waals surface area contributed by atoms with Crippen LogP contribution < -0.4 is 10.6 Å². The summed E-state index contributed by atoms with van der Waals surface area (Å²) < 4.78 is 1.02. The Kier molecular flexibility index (Phi) is 3.82. The van der Waals surface area contributed by atoms with E-state index in [1.807, 2.05) is 12.3 Å². The molecular formula is C12H18BrN3. The summed E-state index contributed by atoms with van der Waals surface area (Å²) in [5, 5.41) is 0. The van der Waals surface area contributed by atoms with E-state index in [0.29, 0.717) is 12.0 Å². The van der Waals surface area contributed by atoms with Gasteiger partial charge in [-0.25, -0.2) is 4.98 Å². The first-order chi connectivity index (χ1) is 7.70. The molecule has 1 saturated heterocycles. The van der Waals surface area contributed by atoms with Gasteiger partial charge in [0.2, 0.25) is 0 Å². The number of nitrogens with two attached hydrogens (primary N) is 1. The molecule has 2 heterocycles. The maximum atomic E-state index is 5.76. The number of rotatable bonds is 2. The van der Waals surface area contributed by atoms with Crippen LogP contribution in [0.15, 0.2) is 22.8 Å². The molecule has 2 unspecified atom stereocenters. The quantitative estimate of drug-likeness (QED) is 0.906. The van der Waals surface area contributed by atoms with Crippen molar-refractivity contribution in [2.75, 3.05) is 18.0 Å². The Balaban J connectivity index is 2.14. The Morgan fingerprint density at radius 3 is 2.94 bits per heavy atom. The van der Waals surface area contributed by atoms with Gasteiger partial charge in [0.05, 0.1) is 0 Å². The second-order valence-electron chi connectivity index (χ2n) is 4.52. The van der Waals surface area contributed by atoms with Crippen molar-refractivity contribution in [3.8, 4) is 0 Å². The van der Waals surface area contributed by atoms with Crippen LogP contribution in [0.2, 0.25) is 0 Å². The van der Waals surface area contributed by atoms with E-state index in [9.17, 15) is 0 Å². The second kappa shape index (κ2) is 5.15. The minimum Gasteiger partial charge on any atom is -0.354 e. The fraction of sp³-hybridized carbons (Fsp3) is 0.583. The van der Waals surface area contributed by atoms with Crippen molar-refractivity contribution in [2.24, 2.45) is 11.7 Å². The largest absolute Gasteiger partial charge is 0.354 e. The van der Waals surface area contributed by atoms with Crippen LogP contribution in [0.4, 0.5) is 5.82 Å². The SMILES string of the molecule is CC1CCC(CN)CN1c1ccc(Br)cn1. The Morgan fingerprint density at radius 1 is 1.50 bits per heavy atom. The first-order valence-electron chi connectivity index (χ1n) is 5.79. The Labute approximate surface area is 105 Å². The topological polar surface area (TPSA) is 42.1 Å². The van der Waals surface area contributed by atoms with E-state index < -0.39 is 0 Å². The summed E-state index contributed by atoms with van der Waals surface area (Å²) in [5.41, 5.74) is 5.76. The summed E-state index contributed by atoms with van der Waals surface area (Å²) in [6, 6.07) is 4.68. The molecule has 2 atom stereocenters. The molecule has 0 spiro atoms. The zero-order chi connectivity index (χ0) is 11.5. The average molecular weight is 284 g/mol. The third-order valence-corrected chi connectivity index (χ3v) is 3.79. The van der Waals surface area contributed by atoms with Crippen molar-refractivity contribution in [1.82, 2.24) is 4.98 Å². The van der Waals surface area contributed by atoms with Gasteiger partial charge >= 0.3 is 0 Å². The summed E-state index contributed by atoms with van der Waals surface area (Å²) in [6.07, 6.45) is 4.30. The van der Waals surface area contributed by atoms with Crippen LogP contribution in [0.25, 0.3) is 0 Å². The molecular weight excluding hydrogens is 266 g/mol. The van der Waals surface area contributed by atoms with Crippen molar-refractivity contribution in [1.29, 1.82) is 0 Å². The maximum absolute atomic E-state index is 5.76. The molecule has 88 valence electrons. The molecule has 4 heteroatoms. The van der Waals surface area contributed by atoms with Gasteiger partial charge in [-0.2, -0.15) is 0 Å². The van der Waals surface area contributed by atoms with E-state index in [-0.39, 0.29) is 0 Å². The van der Waals surface area contributed by atoms with Crippen LogP contribution in [-0.4, -0.2) is 24.1 Å². The molecule has 2 rings (SSSR count). The van der Waals surface area contributed by atoms with Crippen LogP contribution in [0.1, 0.15) is 19.8 Å². The number of piperidine rings is 1. The summed E-state index contributed by atoms with van der Waals surface area (Å²) in [6.45, 7) is 4.07. The number of halogens is 1. The maximum Gasteiger partial charge on any atom is 0.128 e. The van der Waals surface area contributed by atoms with Crippen LogP contribution in [0.5, 0.6) is 0 Å². The highest BCUT2D eigenvalue weighted by molar-refractivity contribution is 9.10. The Hall–Kier alpha value is -0.610. The third-order valence-electron chi connectivity index (χ3n) is 3.32. The molecule has 0 aliphatic carbocycles. The van der Waals surface area contributed by atoms with E-state index in [0.717, 1.165) is 23.4 Å². The molecule has 0 saturated carbocycles. The van der Waals surface area contributed by atoms with E-state index in [2.05, 4.69) is 38.8 Å². The van der Waals surface area contributed by atoms with Crippen LogP contribution in [0, 0.1) is 5.92 Å². The molecule has 1 aromatic rings. The van der Waals surface area contributed by atoms with E-state index in [4.69, 9.17) is 5.73 Å². The fourth-order valence-corrected chi connectivity index (χ4v) is 2.47. The molecule has 0 radical (unpaired) electrons. The van der Waals surface area contributed by atoms with Crippen LogP contribution in [-0.2, 0) is 0 Å². The van der Waals surface area contributed by atoms with Crippen LogP contribution in [0.3, 0.4) is 0 Å². The van der Waals surface area contributed by atoms with Gasteiger partial charge in [0, 0.05) is 23.3 Å². The first-order valence-corrected chi connectivity index (χ1v) is 6.58. The molecule has 1 aromatic heterocycles. The summed E-state index contributed by atoms with van der Waals surface area (Å²) >= 11 is 3.41. The molecule has 0 bridgehead atoms. The van der Waals surface area contributed by atoms with Gasteiger partial charge in [0.15, 0.2) is 0 Å². The lowest BCUT2D eigenvalue weighted by Crippen LogP contribution is -2.44. The molecule has 3 nitrogen and oxygen atoms in total. The number of anilines is 1. The monoisotopic (exact) mass is 283 g/mol. The predicted molar refractivity (Wildman–Crippen MR) is 70.5 cm³/mol. The molecule has 16 heavy (non-hydrogen) atoms. The minimum absolute atomic E-state index is 0.566. The van der Waals surface area contributed by atoms with Gasteiger partial charge in [0.1, 0.15) is 5.82 Å². The smallest absolute Gasteiger partial charge is 0.128 e. The van der Waals surface area contributed by atoms with Gasteiger partial charge < -0.3 is 10.6 Å². The molecule has 1 aliphatic rings. The van der Waals surface area contributed by atoms with Gasteiger partial charge in [-0.15, -0.1) is 0 Å². The van der Waals surface area contributed by atoms with Crippen LogP contribution >= 0.6 is 15.9 Å². The van der Waals surface area contributed by atoms with Crippen molar-refractivity contribution in [2.45, 2.75) is 25.8 Å². The zero-order valence-electron chi connectivity index (χ0n) is 9.56. The van der Waals surface area contributed by atoms with Crippen molar-refractivity contribution in [3.63, 3.8) is 0 Å². The lowest BCUT2D eigenvalue weighted by molar-refractivity contribution is 0.372. The van der Waals surface area contributed by atoms with Crippen molar-refractivity contribution >= 4 is 21.7 Å². The number of hydrogen-bond acceptors (Lipinski definition) is 3. The molecule has 2 N–H and O–H groups in total. The summed E-state index contributed by atoms with van der Waals surface area (Å²) in [5.74, 6) is 1.68. The van der Waals surface area contributed by atoms with E-state index in [1.54, 1.807) is 0 Å². The highest BCUT2D eigenvalue weighted by atomic mass is 79.9. The van der Waals surface area contributed by atoms with Gasteiger partial charge in [-0.1, -0.05) is 0 Å². The van der Waals surface area contributed by atoms with Gasteiger partial charge in [-0.3, -0.25) is 0 Å². The second-order valence-corrected chi connectivity index (χ2v) is 5.43. The van der Waals surface area contributed by atoms with Gasteiger partial charge in [-0.05, 0) is 60.3 Å². The van der Waals surface area contributed by atoms with Crippen molar-refractivity contribution in [3.05, 3.63) is 22.8 Å².